The second kappa shape index (κ2) is 12.3. The molecule has 1 atom stereocenters. The van der Waals surface area contributed by atoms with Gasteiger partial charge in [0.2, 0.25) is 0 Å². The van der Waals surface area contributed by atoms with Crippen LogP contribution in [0.25, 0.3) is 0 Å². The molecule has 0 spiro atoms. The smallest absolute Gasteiger partial charge is 0.134 e. The van der Waals surface area contributed by atoms with Crippen molar-refractivity contribution in [1.29, 1.82) is 0 Å². The standard InChI is InChI=1S/C21H27BrN2O2S.C2H4/c1-4-10-24-13-17(15-26-14-16-8-6-5-7-9-16)23(2)27-21-12-20(25-3)18(22)11-19(21)24;1-2/h5-9,11-12,17H,4,10,13-15H2,1-3H3;1-2H2. The number of hydrogen-bond donors (Lipinski definition) is 0. The van der Waals surface area contributed by atoms with E-state index in [1.165, 1.54) is 16.1 Å². The molecule has 2 aromatic carbocycles. The summed E-state index contributed by atoms with van der Waals surface area (Å²) in [4.78, 5) is 3.68. The van der Waals surface area contributed by atoms with E-state index in [0.29, 0.717) is 19.3 Å². The first kappa shape index (κ1) is 23.8. The van der Waals surface area contributed by atoms with Gasteiger partial charge < -0.3 is 14.4 Å². The summed E-state index contributed by atoms with van der Waals surface area (Å²) in [7, 11) is 3.86. The summed E-state index contributed by atoms with van der Waals surface area (Å²) in [6.07, 6.45) is 1.11. The molecule has 158 valence electrons. The largest absolute Gasteiger partial charge is 0.496 e. The van der Waals surface area contributed by atoms with Crippen LogP contribution in [-0.2, 0) is 11.3 Å². The molecule has 3 rings (SSSR count). The highest BCUT2D eigenvalue weighted by molar-refractivity contribution is 9.10. The number of methoxy groups -OCH3 is 1. The number of anilines is 1. The van der Waals surface area contributed by atoms with Crippen LogP contribution >= 0.6 is 27.9 Å². The van der Waals surface area contributed by atoms with Gasteiger partial charge in [0.1, 0.15) is 5.75 Å². The molecule has 0 bridgehead atoms. The third-order valence-electron chi connectivity index (χ3n) is 4.68. The van der Waals surface area contributed by atoms with Crippen LogP contribution in [0.1, 0.15) is 18.9 Å². The van der Waals surface area contributed by atoms with Crippen molar-refractivity contribution in [3.05, 3.63) is 65.7 Å². The van der Waals surface area contributed by atoms with Gasteiger partial charge in [0, 0.05) is 13.1 Å². The highest BCUT2D eigenvalue weighted by atomic mass is 79.9. The summed E-state index contributed by atoms with van der Waals surface area (Å²) in [6, 6.07) is 15.0. The van der Waals surface area contributed by atoms with Crippen molar-refractivity contribution in [2.75, 3.05) is 38.8 Å². The minimum atomic E-state index is 0.308. The van der Waals surface area contributed by atoms with Crippen molar-refractivity contribution in [2.45, 2.75) is 30.9 Å². The van der Waals surface area contributed by atoms with Crippen molar-refractivity contribution >= 4 is 33.6 Å². The zero-order chi connectivity index (χ0) is 21.2. The minimum Gasteiger partial charge on any atom is -0.496 e. The Morgan fingerprint density at radius 1 is 1.21 bits per heavy atom. The molecule has 0 radical (unpaired) electrons. The predicted molar refractivity (Wildman–Crippen MR) is 128 cm³/mol. The summed E-state index contributed by atoms with van der Waals surface area (Å²) in [6.45, 7) is 11.5. The van der Waals surface area contributed by atoms with Crippen LogP contribution in [0.4, 0.5) is 5.69 Å². The second-order valence-corrected chi connectivity index (χ2v) is 8.75. The third-order valence-corrected chi connectivity index (χ3v) is 6.41. The molecule has 0 amide bonds. The molecule has 2 aromatic rings. The molecule has 1 aliphatic rings. The van der Waals surface area contributed by atoms with E-state index in [-0.39, 0.29) is 0 Å². The van der Waals surface area contributed by atoms with E-state index in [2.05, 4.69) is 88.7 Å². The predicted octanol–water partition coefficient (Wildman–Crippen LogP) is 6.01. The van der Waals surface area contributed by atoms with Gasteiger partial charge in [-0.2, -0.15) is 0 Å². The van der Waals surface area contributed by atoms with Gasteiger partial charge in [0.05, 0.1) is 41.4 Å². The zero-order valence-electron chi connectivity index (χ0n) is 17.6. The molecule has 0 N–H and O–H groups in total. The Kier molecular flexibility index (Phi) is 10.1. The van der Waals surface area contributed by atoms with E-state index in [1.54, 1.807) is 19.1 Å². The Morgan fingerprint density at radius 3 is 2.59 bits per heavy atom. The molecule has 1 unspecified atom stereocenters. The molecule has 0 aliphatic carbocycles. The van der Waals surface area contributed by atoms with Gasteiger partial charge >= 0.3 is 0 Å². The van der Waals surface area contributed by atoms with Crippen LogP contribution in [0, 0.1) is 0 Å². The number of benzene rings is 2. The highest BCUT2D eigenvalue weighted by Gasteiger charge is 2.27. The van der Waals surface area contributed by atoms with Crippen molar-refractivity contribution in [3.63, 3.8) is 0 Å². The third kappa shape index (κ3) is 6.51. The fourth-order valence-electron chi connectivity index (χ4n) is 3.22. The van der Waals surface area contributed by atoms with E-state index in [1.807, 2.05) is 6.07 Å². The maximum absolute atomic E-state index is 6.06. The first-order valence-electron chi connectivity index (χ1n) is 9.77. The normalized spacial score (nSPS) is 16.4. The molecule has 1 aliphatic heterocycles. The first-order valence-corrected chi connectivity index (χ1v) is 11.3. The van der Waals surface area contributed by atoms with Crippen LogP contribution in [-0.4, -0.2) is 44.2 Å². The fraction of sp³-hybridized carbons (Fsp3) is 0.391. The van der Waals surface area contributed by atoms with Gasteiger partial charge in [0.15, 0.2) is 0 Å². The van der Waals surface area contributed by atoms with Crippen molar-refractivity contribution in [1.82, 2.24) is 4.31 Å². The van der Waals surface area contributed by atoms with E-state index in [4.69, 9.17) is 9.47 Å². The van der Waals surface area contributed by atoms with Crippen molar-refractivity contribution in [3.8, 4) is 5.75 Å². The van der Waals surface area contributed by atoms with E-state index in [9.17, 15) is 0 Å². The van der Waals surface area contributed by atoms with Gasteiger partial charge in [-0.3, -0.25) is 0 Å². The maximum atomic E-state index is 6.06. The average Bonchev–Trinajstić information content (AvgIpc) is 2.87. The summed E-state index contributed by atoms with van der Waals surface area (Å²) in [5.41, 5.74) is 2.47. The Hall–Kier alpha value is -1.47. The fourth-order valence-corrected chi connectivity index (χ4v) is 4.75. The van der Waals surface area contributed by atoms with E-state index >= 15 is 0 Å². The highest BCUT2D eigenvalue weighted by Crippen LogP contribution is 2.42. The second-order valence-electron chi connectivity index (χ2n) is 6.69. The number of nitrogens with zero attached hydrogens (tertiary/aromatic N) is 2. The molecular formula is C23H31BrN2O2S. The number of fused-ring (bicyclic) bond motifs is 1. The van der Waals surface area contributed by atoms with E-state index in [0.717, 1.165) is 29.7 Å². The lowest BCUT2D eigenvalue weighted by Crippen LogP contribution is -2.41. The van der Waals surface area contributed by atoms with Gasteiger partial charge in [0.25, 0.3) is 0 Å². The van der Waals surface area contributed by atoms with Crippen LogP contribution < -0.4 is 9.64 Å². The Bertz CT molecular complexity index is 760. The molecule has 1 heterocycles. The van der Waals surface area contributed by atoms with Crippen LogP contribution in [0.2, 0.25) is 0 Å². The lowest BCUT2D eigenvalue weighted by Gasteiger charge is -2.29. The SMILES string of the molecule is C=C.CCCN1CC(COCc2ccccc2)N(C)Sc2cc(OC)c(Br)cc21. The Labute approximate surface area is 188 Å². The average molecular weight is 479 g/mol. The molecule has 0 saturated carbocycles. The summed E-state index contributed by atoms with van der Waals surface area (Å²) in [5, 5.41) is 0. The molecule has 29 heavy (non-hydrogen) atoms. The Morgan fingerprint density at radius 2 is 1.93 bits per heavy atom. The van der Waals surface area contributed by atoms with Crippen molar-refractivity contribution in [2.24, 2.45) is 0 Å². The van der Waals surface area contributed by atoms with Gasteiger partial charge in [-0.15, -0.1) is 13.2 Å². The summed E-state index contributed by atoms with van der Waals surface area (Å²) < 4.78 is 14.9. The molecule has 0 saturated heterocycles. The Balaban J connectivity index is 0.00000145. The minimum absolute atomic E-state index is 0.308. The zero-order valence-corrected chi connectivity index (χ0v) is 20.0. The maximum Gasteiger partial charge on any atom is 0.134 e. The van der Waals surface area contributed by atoms with Crippen LogP contribution in [0.15, 0.2) is 65.0 Å². The van der Waals surface area contributed by atoms with Gasteiger partial charge in [-0.05, 0) is 59.0 Å². The van der Waals surface area contributed by atoms with Gasteiger partial charge in [-0.1, -0.05) is 37.3 Å². The number of rotatable bonds is 7. The quantitative estimate of drug-likeness (QED) is 0.358. The number of halogens is 1. The molecule has 4 nitrogen and oxygen atoms in total. The molecule has 6 heteroatoms. The monoisotopic (exact) mass is 478 g/mol. The molecule has 0 fully saturated rings. The van der Waals surface area contributed by atoms with Crippen LogP contribution in [0.3, 0.4) is 0 Å². The van der Waals surface area contributed by atoms with Crippen LogP contribution in [0.5, 0.6) is 5.75 Å². The first-order chi connectivity index (χ1) is 14.1. The van der Waals surface area contributed by atoms with Crippen molar-refractivity contribution < 1.29 is 9.47 Å². The van der Waals surface area contributed by atoms with Gasteiger partial charge in [-0.25, -0.2) is 4.31 Å². The lowest BCUT2D eigenvalue weighted by molar-refractivity contribution is 0.0868. The number of likely N-dealkylation sites (N-methyl/N-ethyl adjacent to an activating group) is 1. The topological polar surface area (TPSA) is 24.9 Å². The number of ether oxygens (including phenoxy) is 2. The summed E-state index contributed by atoms with van der Waals surface area (Å²) in [5.74, 6) is 0.866. The summed E-state index contributed by atoms with van der Waals surface area (Å²) >= 11 is 5.40. The molecule has 0 aromatic heterocycles. The molecular weight excluding hydrogens is 448 g/mol. The van der Waals surface area contributed by atoms with E-state index < -0.39 is 0 Å². The number of hydrogen-bond acceptors (Lipinski definition) is 5. The lowest BCUT2D eigenvalue weighted by atomic mass is 10.2.